The zero-order chi connectivity index (χ0) is 39.7. The Kier molecular flexibility index (Phi) is 13.9. The molecule has 0 saturated carbocycles. The molecule has 1 radical (unpaired) electrons. The standard InChI is InChI=1S/C44H28N4.C6H6.Mo.NO3.O/c1-5-13-29(14-6-1)41-33-21-23-35(45-33)42(30-15-7-2-8-16-30)37-25-27-39(47-37)44(32-19-11-4-12-20-32)40-28-26-38(48-40)43(31-17-9-3-10-18-31)36-24-22-34(41)46-36;1-2-4-6-5-3-1;;2-1(3)4;/h1-28H;1-6H;;;/q;;+3;-1;-2. The Bertz CT molecular complexity index is 2210. The molecule has 60 heavy (non-hydrogen) atoms. The van der Waals surface area contributed by atoms with Gasteiger partial charge in [-0.05, 0) is 118 Å². The molecule has 1 aliphatic heterocycles. The molecule has 0 spiro atoms. The molecule has 10 heteroatoms. The quantitative estimate of drug-likeness (QED) is 0.0741. The van der Waals surface area contributed by atoms with Gasteiger partial charge in [-0.3, -0.25) is 0 Å². The van der Waals surface area contributed by atoms with Crippen LogP contribution < -0.4 is 19.9 Å². The third-order valence-corrected chi connectivity index (χ3v) is 9.53. The minimum Gasteiger partial charge on any atom is -2.00 e. The van der Waals surface area contributed by atoms with Crippen molar-refractivity contribution in [1.82, 2.24) is 19.9 Å². The number of aromatic nitrogens is 4. The smallest absolute Gasteiger partial charge is 2.00 e. The monoisotopic (exact) mass is 866 g/mol. The summed E-state index contributed by atoms with van der Waals surface area (Å²) in [6.07, 6.45) is 0. The molecule has 0 N–H and O–H groups in total. The van der Waals surface area contributed by atoms with Crippen LogP contribution in [0.5, 0.6) is 0 Å². The first-order chi connectivity index (χ1) is 28.5. The first-order valence-electron chi connectivity index (χ1n) is 18.6. The Hall–Kier alpha value is -7.45. The zero-order valence-corrected chi connectivity index (χ0v) is 33.9. The Morgan fingerprint density at radius 3 is 0.583 bits per heavy atom. The van der Waals surface area contributed by atoms with Gasteiger partial charge in [-0.1, -0.05) is 36.4 Å². The number of fused-ring (bicyclic) bond motifs is 8. The summed E-state index contributed by atoms with van der Waals surface area (Å²) in [4.78, 5) is 29.5. The molecule has 10 rings (SSSR count). The molecular formula is C50H34MoN5O4. The summed E-state index contributed by atoms with van der Waals surface area (Å²) in [6, 6.07) is 70.4. The van der Waals surface area contributed by atoms with Crippen molar-refractivity contribution in [2.24, 2.45) is 0 Å². The van der Waals surface area contributed by atoms with Crippen LogP contribution >= 0.6 is 0 Å². The molecule has 0 saturated heterocycles. The maximum absolute atomic E-state index is 8.25. The summed E-state index contributed by atoms with van der Waals surface area (Å²) in [6.45, 7) is 0. The van der Waals surface area contributed by atoms with E-state index in [1.807, 2.05) is 60.7 Å². The van der Waals surface area contributed by atoms with Crippen LogP contribution in [0.2, 0.25) is 0 Å². The summed E-state index contributed by atoms with van der Waals surface area (Å²) in [5.41, 5.74) is 11.1. The fraction of sp³-hybridized carbons (Fsp3) is 0. The number of hydrogen-bond donors (Lipinski definition) is 0. The van der Waals surface area contributed by atoms with E-state index in [0.29, 0.717) is 0 Å². The second-order valence-corrected chi connectivity index (χ2v) is 13.2. The van der Waals surface area contributed by atoms with Gasteiger partial charge in [0.15, 0.2) is 0 Å². The van der Waals surface area contributed by atoms with Crippen molar-refractivity contribution < 1.29 is 31.6 Å². The summed E-state index contributed by atoms with van der Waals surface area (Å²) in [5.74, 6) is 3.91. The second-order valence-electron chi connectivity index (χ2n) is 13.2. The van der Waals surface area contributed by atoms with E-state index in [4.69, 9.17) is 35.3 Å². The molecule has 0 aliphatic carbocycles. The minimum atomic E-state index is -1.75. The number of nitrogens with zero attached hydrogens (tertiary/aromatic N) is 5. The predicted octanol–water partition coefficient (Wildman–Crippen LogP) is 9.23. The van der Waals surface area contributed by atoms with Gasteiger partial charge < -0.3 is 40.7 Å². The van der Waals surface area contributed by atoms with Gasteiger partial charge in [0.05, 0.1) is 27.3 Å². The topological polar surface area (TPSA) is 151 Å². The predicted molar refractivity (Wildman–Crippen MR) is 225 cm³/mol. The molecule has 5 aromatic carbocycles. The van der Waals surface area contributed by atoms with E-state index in [0.717, 1.165) is 91.5 Å². The van der Waals surface area contributed by atoms with Gasteiger partial charge in [-0.25, -0.2) is 0 Å². The molecule has 9 nitrogen and oxygen atoms in total. The SMILES string of the molecule is O=[N+]([O-])[O-].[Mo+3].[O-2].c1ccc([C+]2c3ccc([n-]3)[C+](c3ccccc3)c3ccc([n-]3)[C+](c3ccccc3)c3ccc([n-]3)[C+](c3ccccc3)c3ccc2[n-]3)cc1.c1ccccc1. The summed E-state index contributed by atoms with van der Waals surface area (Å²) in [5, 5.41) is 14.8. The first-order valence-corrected chi connectivity index (χ1v) is 18.6. The van der Waals surface area contributed by atoms with E-state index in [2.05, 4.69) is 146 Å². The van der Waals surface area contributed by atoms with E-state index < -0.39 is 5.09 Å². The summed E-state index contributed by atoms with van der Waals surface area (Å²) in [7, 11) is 0. The molecule has 1 aliphatic rings. The van der Waals surface area contributed by atoms with E-state index >= 15 is 0 Å². The normalized spacial score (nSPS) is 11.5. The van der Waals surface area contributed by atoms with Crippen molar-refractivity contribution in [3.8, 4) is 0 Å². The molecule has 0 fully saturated rings. The van der Waals surface area contributed by atoms with Gasteiger partial charge in [0, 0.05) is 121 Å². The summed E-state index contributed by atoms with van der Waals surface area (Å²) >= 11 is 0. The largest absolute Gasteiger partial charge is 3.00 e. The molecular weight excluding hydrogens is 831 g/mol. The number of rotatable bonds is 4. The Balaban J connectivity index is 0.000000449. The average molecular weight is 865 g/mol. The second kappa shape index (κ2) is 19.8. The van der Waals surface area contributed by atoms with Crippen molar-refractivity contribution >= 4 is 0 Å². The van der Waals surface area contributed by atoms with Crippen LogP contribution in [0.1, 0.15) is 67.8 Å². The third kappa shape index (κ3) is 9.46. The third-order valence-electron chi connectivity index (χ3n) is 9.53. The maximum atomic E-state index is 8.25. The minimum absolute atomic E-state index is 0. The molecule has 289 valence electrons. The van der Waals surface area contributed by atoms with Crippen LogP contribution in [-0.4, -0.2) is 5.09 Å². The van der Waals surface area contributed by atoms with Crippen molar-refractivity contribution in [2.45, 2.75) is 0 Å². The van der Waals surface area contributed by atoms with Crippen LogP contribution in [0.3, 0.4) is 0 Å². The van der Waals surface area contributed by atoms with Crippen molar-refractivity contribution in [3.63, 3.8) is 0 Å². The van der Waals surface area contributed by atoms with Crippen LogP contribution in [0.4, 0.5) is 0 Å². The molecule has 5 heterocycles. The van der Waals surface area contributed by atoms with E-state index in [1.54, 1.807) is 0 Å². The van der Waals surface area contributed by atoms with Crippen molar-refractivity contribution in [3.05, 3.63) is 313 Å². The Labute approximate surface area is 362 Å². The van der Waals surface area contributed by atoms with Crippen LogP contribution in [-0.2, 0) is 26.5 Å². The molecule has 0 unspecified atom stereocenters. The van der Waals surface area contributed by atoms with Crippen LogP contribution in [0.15, 0.2) is 206 Å². The molecule has 0 atom stereocenters. The van der Waals surface area contributed by atoms with Gasteiger partial charge in [0.2, 0.25) is 0 Å². The number of benzene rings is 5. The maximum Gasteiger partial charge on any atom is 3.00 e. The fourth-order valence-corrected chi connectivity index (χ4v) is 7.07. The summed E-state index contributed by atoms with van der Waals surface area (Å²) < 4.78 is 0. The van der Waals surface area contributed by atoms with Crippen LogP contribution in [0.25, 0.3) is 0 Å². The van der Waals surface area contributed by atoms with E-state index in [-0.39, 0.29) is 26.5 Å². The van der Waals surface area contributed by atoms with Gasteiger partial charge in [0.1, 0.15) is 0 Å². The van der Waals surface area contributed by atoms with Gasteiger partial charge in [0.25, 0.3) is 0 Å². The molecule has 0 amide bonds. The van der Waals surface area contributed by atoms with Gasteiger partial charge >= 0.3 is 21.1 Å². The Morgan fingerprint density at radius 2 is 0.433 bits per heavy atom. The van der Waals surface area contributed by atoms with Gasteiger partial charge in [-0.2, -0.15) is 0 Å². The Morgan fingerprint density at radius 1 is 0.300 bits per heavy atom. The average Bonchev–Trinajstić information content (AvgIpc) is 4.12. The molecule has 9 aromatic rings. The van der Waals surface area contributed by atoms with Gasteiger partial charge in [-0.15, -0.1) is 0 Å². The zero-order valence-electron chi connectivity index (χ0n) is 31.9. The molecule has 8 bridgehead atoms. The molecule has 4 aromatic heterocycles. The van der Waals surface area contributed by atoms with E-state index in [1.165, 1.54) is 0 Å². The first kappa shape index (κ1) is 42.2. The number of hydrogen-bond acceptors (Lipinski definition) is 3. The van der Waals surface area contributed by atoms with Crippen LogP contribution in [0, 0.1) is 39.0 Å². The fourth-order valence-electron chi connectivity index (χ4n) is 7.07. The van der Waals surface area contributed by atoms with Crippen molar-refractivity contribution in [2.75, 3.05) is 0 Å². The van der Waals surface area contributed by atoms with Crippen molar-refractivity contribution in [1.29, 1.82) is 0 Å². The van der Waals surface area contributed by atoms with E-state index in [9.17, 15) is 0 Å².